The molecule has 15 rings (SSSR count). The first-order valence-corrected chi connectivity index (χ1v) is 33.9. The molecule has 0 aliphatic heterocycles. The fourth-order valence-electron chi connectivity index (χ4n) is 15.3. The Morgan fingerprint density at radius 2 is 0.453 bits per heavy atom. The van der Waals surface area contributed by atoms with Crippen molar-refractivity contribution in [3.8, 4) is 55.6 Å². The minimum atomic E-state index is -0.209. The SMILES string of the molecule is CC(C)(C)c1ccc(N(c2ccc(-c3ccccc3)cc2)c2ccc3c(c2)C(C)(C)c2cc(/C=C/c4ccc5c(c4)C(C)(C)c4cc(/C=C/c6ccc7c(c6)C(C)(C)c6cc(N(c8ccc(-c9ccccc9)cc8)c8ccc(C(C)(C)C)cc8)ccc6-7)ccc4-5)ccc2-3)cc1. The van der Waals surface area contributed by atoms with Gasteiger partial charge in [-0.3, -0.25) is 0 Å². The second-order valence-electron chi connectivity index (χ2n) is 30.3. The molecular formula is C93H84N2. The highest BCUT2D eigenvalue weighted by molar-refractivity contribution is 5.91. The summed E-state index contributed by atoms with van der Waals surface area (Å²) in [6.07, 6.45) is 9.21. The predicted molar refractivity (Wildman–Crippen MR) is 408 cm³/mol. The molecule has 95 heavy (non-hydrogen) atoms. The highest BCUT2D eigenvalue weighted by Gasteiger charge is 2.39. The lowest BCUT2D eigenvalue weighted by Crippen LogP contribution is -2.17. The molecule has 0 saturated heterocycles. The van der Waals surface area contributed by atoms with E-state index in [1.54, 1.807) is 0 Å². The van der Waals surface area contributed by atoms with Crippen LogP contribution in [-0.2, 0) is 27.1 Å². The Bertz CT molecular complexity index is 4670. The fourth-order valence-corrected chi connectivity index (χ4v) is 15.3. The lowest BCUT2D eigenvalue weighted by Gasteiger charge is -2.29. The molecule has 3 aliphatic rings. The number of benzene rings is 12. The Kier molecular flexibility index (Phi) is 14.8. The number of rotatable bonds is 12. The van der Waals surface area contributed by atoms with Gasteiger partial charge in [0, 0.05) is 50.4 Å². The molecule has 3 aliphatic carbocycles. The van der Waals surface area contributed by atoms with E-state index in [4.69, 9.17) is 0 Å². The molecule has 0 saturated carbocycles. The average Bonchev–Trinajstić information content (AvgIpc) is 1.62. The highest BCUT2D eigenvalue weighted by atomic mass is 15.1. The van der Waals surface area contributed by atoms with Gasteiger partial charge in [0.25, 0.3) is 0 Å². The van der Waals surface area contributed by atoms with E-state index in [2.05, 4.69) is 384 Å². The molecule has 0 heterocycles. The summed E-state index contributed by atoms with van der Waals surface area (Å²) in [6.45, 7) is 28.0. The number of hydrogen-bond donors (Lipinski definition) is 0. The van der Waals surface area contributed by atoms with Crippen molar-refractivity contribution in [2.45, 2.75) is 110 Å². The van der Waals surface area contributed by atoms with Crippen molar-refractivity contribution in [3.05, 3.63) is 334 Å². The number of fused-ring (bicyclic) bond motifs is 9. The predicted octanol–water partition coefficient (Wildman–Crippen LogP) is 25.8. The van der Waals surface area contributed by atoms with Crippen molar-refractivity contribution in [3.63, 3.8) is 0 Å². The third-order valence-electron chi connectivity index (χ3n) is 21.0. The summed E-state index contributed by atoms with van der Waals surface area (Å²) < 4.78 is 0. The highest BCUT2D eigenvalue weighted by Crippen LogP contribution is 2.54. The molecule has 0 fully saturated rings. The molecule has 0 N–H and O–H groups in total. The largest absolute Gasteiger partial charge is 0.310 e. The first-order valence-electron chi connectivity index (χ1n) is 33.9. The monoisotopic (exact) mass is 1230 g/mol. The van der Waals surface area contributed by atoms with E-state index in [0.29, 0.717) is 0 Å². The van der Waals surface area contributed by atoms with Gasteiger partial charge in [0.1, 0.15) is 0 Å². The van der Waals surface area contributed by atoms with Gasteiger partial charge in [-0.05, 0) is 206 Å². The van der Waals surface area contributed by atoms with Crippen LogP contribution in [0.2, 0.25) is 0 Å². The van der Waals surface area contributed by atoms with Gasteiger partial charge >= 0.3 is 0 Å². The summed E-state index contributed by atoms with van der Waals surface area (Å²) in [5.74, 6) is 0. The van der Waals surface area contributed by atoms with Gasteiger partial charge in [-0.25, -0.2) is 0 Å². The van der Waals surface area contributed by atoms with Crippen molar-refractivity contribution in [1.82, 2.24) is 0 Å². The Balaban J connectivity index is 0.658. The Hall–Kier alpha value is -10.3. The van der Waals surface area contributed by atoms with Crippen molar-refractivity contribution < 1.29 is 0 Å². The maximum absolute atomic E-state index is 2.44. The van der Waals surface area contributed by atoms with Crippen molar-refractivity contribution >= 4 is 58.4 Å². The van der Waals surface area contributed by atoms with Crippen LogP contribution < -0.4 is 9.80 Å². The summed E-state index contributed by atoms with van der Waals surface area (Å²) in [7, 11) is 0. The quantitative estimate of drug-likeness (QED) is 0.113. The van der Waals surface area contributed by atoms with E-state index in [1.165, 1.54) is 122 Å². The summed E-state index contributed by atoms with van der Waals surface area (Å²) in [5.41, 5.74) is 34.8. The maximum atomic E-state index is 2.44. The second-order valence-corrected chi connectivity index (χ2v) is 30.3. The van der Waals surface area contributed by atoms with Gasteiger partial charge in [-0.15, -0.1) is 0 Å². The minimum Gasteiger partial charge on any atom is -0.310 e. The molecule has 2 heteroatoms. The summed E-state index contributed by atoms with van der Waals surface area (Å²) in [5, 5.41) is 0. The van der Waals surface area contributed by atoms with E-state index in [1.807, 2.05) is 0 Å². The number of nitrogens with zero attached hydrogens (tertiary/aromatic N) is 2. The molecule has 0 spiro atoms. The van der Waals surface area contributed by atoms with Crippen LogP contribution in [0.15, 0.2) is 267 Å². The average molecular weight is 1230 g/mol. The molecular weight excluding hydrogens is 1150 g/mol. The van der Waals surface area contributed by atoms with E-state index in [-0.39, 0.29) is 27.1 Å². The fraction of sp³-hybridized carbons (Fsp3) is 0.183. The zero-order valence-electron chi connectivity index (χ0n) is 57.1. The molecule has 12 aromatic carbocycles. The van der Waals surface area contributed by atoms with Crippen LogP contribution in [0.1, 0.15) is 150 Å². The van der Waals surface area contributed by atoms with Crippen LogP contribution in [0, 0.1) is 0 Å². The van der Waals surface area contributed by atoms with Gasteiger partial charge in [-0.2, -0.15) is 0 Å². The second kappa shape index (κ2) is 23.0. The van der Waals surface area contributed by atoms with Gasteiger partial charge in [0.15, 0.2) is 0 Å². The molecule has 2 nitrogen and oxygen atoms in total. The lowest BCUT2D eigenvalue weighted by molar-refractivity contribution is 0.590. The van der Waals surface area contributed by atoms with Crippen LogP contribution >= 0.6 is 0 Å². The lowest BCUT2D eigenvalue weighted by atomic mass is 9.81. The van der Waals surface area contributed by atoms with Crippen LogP contribution in [0.5, 0.6) is 0 Å². The van der Waals surface area contributed by atoms with Crippen LogP contribution in [0.25, 0.3) is 79.9 Å². The maximum Gasteiger partial charge on any atom is 0.0465 e. The first kappa shape index (κ1) is 60.9. The molecule has 0 aromatic heterocycles. The zero-order valence-corrected chi connectivity index (χ0v) is 57.1. The van der Waals surface area contributed by atoms with Gasteiger partial charge in [-0.1, -0.05) is 302 Å². The molecule has 12 aromatic rings. The molecule has 466 valence electrons. The van der Waals surface area contributed by atoms with Crippen LogP contribution in [0.3, 0.4) is 0 Å². The molecule has 0 bridgehead atoms. The van der Waals surface area contributed by atoms with Crippen molar-refractivity contribution in [1.29, 1.82) is 0 Å². The van der Waals surface area contributed by atoms with Crippen LogP contribution in [0.4, 0.5) is 34.1 Å². The standard InChI is InChI=1S/C93H84N2/c1-89(2,3)69-35-43-73(44-36-69)94(71-39-31-67(32-40-71)65-19-15-13-16-20-65)75-47-53-81-79-51-29-63(57-85(79)92(9,10)87(81)59-75)25-23-61-27-49-77-78-50-28-62(56-84(78)91(7,8)83(77)55-61)24-26-64-30-52-80-82-54-48-76(60-88(82)93(11,12)86(80)58-64)95(74-45-37-70(38-46-74)90(4,5)6)72-41-33-68(34-42-72)66-21-17-14-18-22-66/h13-60H,1-12H3/b25-23+,26-24+. The van der Waals surface area contributed by atoms with Gasteiger partial charge < -0.3 is 9.80 Å². The third kappa shape index (κ3) is 11.0. The minimum absolute atomic E-state index is 0.0618. The van der Waals surface area contributed by atoms with E-state index in [9.17, 15) is 0 Å². The number of anilines is 6. The van der Waals surface area contributed by atoms with E-state index >= 15 is 0 Å². The van der Waals surface area contributed by atoms with Crippen molar-refractivity contribution in [2.24, 2.45) is 0 Å². The third-order valence-corrected chi connectivity index (χ3v) is 21.0. The van der Waals surface area contributed by atoms with Gasteiger partial charge in [0.2, 0.25) is 0 Å². The smallest absolute Gasteiger partial charge is 0.0465 e. The Morgan fingerprint density at radius 3 is 0.716 bits per heavy atom. The van der Waals surface area contributed by atoms with Crippen LogP contribution in [-0.4, -0.2) is 0 Å². The molecule has 0 amide bonds. The number of hydrogen-bond acceptors (Lipinski definition) is 2. The normalized spacial score (nSPS) is 14.5. The Morgan fingerprint density at radius 1 is 0.232 bits per heavy atom. The molecule has 0 radical (unpaired) electrons. The summed E-state index contributed by atoms with van der Waals surface area (Å²) >= 11 is 0. The summed E-state index contributed by atoms with van der Waals surface area (Å²) in [4.78, 5) is 4.83. The first-order chi connectivity index (χ1) is 45.6. The molecule has 0 unspecified atom stereocenters. The summed E-state index contributed by atoms with van der Waals surface area (Å²) in [6, 6.07) is 100. The molecule has 0 atom stereocenters. The van der Waals surface area contributed by atoms with Crippen molar-refractivity contribution in [2.75, 3.05) is 9.80 Å². The van der Waals surface area contributed by atoms with E-state index in [0.717, 1.165) is 34.1 Å². The zero-order chi connectivity index (χ0) is 65.8. The van der Waals surface area contributed by atoms with Gasteiger partial charge in [0.05, 0.1) is 0 Å². The Labute approximate surface area is 564 Å². The van der Waals surface area contributed by atoms with E-state index < -0.39 is 0 Å². The topological polar surface area (TPSA) is 6.48 Å².